The van der Waals surface area contributed by atoms with Gasteiger partial charge in [0.1, 0.15) is 5.82 Å². The summed E-state index contributed by atoms with van der Waals surface area (Å²) in [7, 11) is 0. The first-order valence-corrected chi connectivity index (χ1v) is 5.51. The molecule has 18 heavy (non-hydrogen) atoms. The topological polar surface area (TPSA) is 54.3 Å². The van der Waals surface area contributed by atoms with Crippen LogP contribution in [0.25, 0.3) is 0 Å². The van der Waals surface area contributed by atoms with Gasteiger partial charge in [-0.3, -0.25) is 4.79 Å². The summed E-state index contributed by atoms with van der Waals surface area (Å²) in [6.45, 7) is 0.703. The van der Waals surface area contributed by atoms with Gasteiger partial charge in [0.05, 0.1) is 19.1 Å². The second kappa shape index (κ2) is 5.97. The average Bonchev–Trinajstić information content (AvgIpc) is 2.82. The third-order valence-corrected chi connectivity index (χ3v) is 2.30. The highest BCUT2D eigenvalue weighted by Crippen LogP contribution is 2.08. The highest BCUT2D eigenvalue weighted by molar-refractivity contribution is 5.92. The van der Waals surface area contributed by atoms with Crippen molar-refractivity contribution >= 4 is 11.6 Å². The lowest BCUT2D eigenvalue weighted by Gasteiger charge is -2.05. The Kier molecular flexibility index (Phi) is 4.09. The molecule has 0 aliphatic carbocycles. The number of nitrogens with one attached hydrogen (secondary N) is 2. The number of carbonyl (C=O) groups excluding carboxylic acids is 1. The molecule has 0 saturated heterocycles. The fraction of sp³-hybridized carbons (Fsp3) is 0.154. The van der Waals surface area contributed by atoms with Crippen LogP contribution in [-0.4, -0.2) is 12.5 Å². The molecule has 0 saturated carbocycles. The molecule has 0 atom stereocenters. The average molecular weight is 248 g/mol. The van der Waals surface area contributed by atoms with Crippen LogP contribution >= 0.6 is 0 Å². The Morgan fingerprint density at radius 2 is 2.22 bits per heavy atom. The van der Waals surface area contributed by atoms with Gasteiger partial charge in [0.15, 0.2) is 0 Å². The number of amides is 1. The van der Waals surface area contributed by atoms with Crippen LogP contribution in [0.4, 0.5) is 10.1 Å². The van der Waals surface area contributed by atoms with Gasteiger partial charge in [-0.05, 0) is 24.3 Å². The van der Waals surface area contributed by atoms with E-state index in [1.54, 1.807) is 24.7 Å². The molecule has 0 unspecified atom stereocenters. The van der Waals surface area contributed by atoms with E-state index in [2.05, 4.69) is 10.6 Å². The number of hydrogen-bond acceptors (Lipinski definition) is 3. The van der Waals surface area contributed by atoms with E-state index in [-0.39, 0.29) is 18.3 Å². The zero-order valence-corrected chi connectivity index (χ0v) is 9.65. The van der Waals surface area contributed by atoms with E-state index >= 15 is 0 Å². The number of furan rings is 1. The van der Waals surface area contributed by atoms with Gasteiger partial charge in [-0.2, -0.15) is 0 Å². The Labute approximate surface area is 104 Å². The molecule has 0 bridgehead atoms. The van der Waals surface area contributed by atoms with Crippen LogP contribution in [0.5, 0.6) is 0 Å². The quantitative estimate of drug-likeness (QED) is 0.852. The Hall–Kier alpha value is -2.14. The van der Waals surface area contributed by atoms with Crippen molar-refractivity contribution in [1.29, 1.82) is 0 Å². The van der Waals surface area contributed by atoms with Gasteiger partial charge in [-0.15, -0.1) is 0 Å². The summed E-state index contributed by atoms with van der Waals surface area (Å²) >= 11 is 0. The van der Waals surface area contributed by atoms with E-state index in [4.69, 9.17) is 4.42 Å². The molecule has 0 aliphatic heterocycles. The molecule has 2 N–H and O–H groups in total. The summed E-state index contributed by atoms with van der Waals surface area (Å²) in [5, 5.41) is 5.55. The molecule has 0 spiro atoms. The maximum absolute atomic E-state index is 12.9. The van der Waals surface area contributed by atoms with Crippen molar-refractivity contribution in [3.05, 3.63) is 54.2 Å². The molecule has 2 rings (SSSR count). The SMILES string of the molecule is O=C(CNCc1ccoc1)Nc1cccc(F)c1. The van der Waals surface area contributed by atoms with E-state index in [0.717, 1.165) is 5.56 Å². The molecule has 94 valence electrons. The summed E-state index contributed by atoms with van der Waals surface area (Å²) in [5.41, 5.74) is 1.42. The van der Waals surface area contributed by atoms with Gasteiger partial charge in [0, 0.05) is 17.8 Å². The summed E-state index contributed by atoms with van der Waals surface area (Å²) in [5.74, 6) is -0.594. The van der Waals surface area contributed by atoms with E-state index in [0.29, 0.717) is 12.2 Å². The highest BCUT2D eigenvalue weighted by Gasteiger charge is 2.03. The third kappa shape index (κ3) is 3.71. The largest absolute Gasteiger partial charge is 0.472 e. The minimum absolute atomic E-state index is 0.154. The van der Waals surface area contributed by atoms with Crippen molar-refractivity contribution in [2.24, 2.45) is 0 Å². The smallest absolute Gasteiger partial charge is 0.238 e. The van der Waals surface area contributed by atoms with Gasteiger partial charge in [-0.25, -0.2) is 4.39 Å². The number of benzene rings is 1. The molecule has 1 aromatic heterocycles. The Balaban J connectivity index is 1.75. The molecule has 2 aromatic rings. The van der Waals surface area contributed by atoms with Crippen molar-refractivity contribution in [2.45, 2.75) is 6.54 Å². The number of rotatable bonds is 5. The lowest BCUT2D eigenvalue weighted by Crippen LogP contribution is -2.27. The van der Waals surface area contributed by atoms with Gasteiger partial charge >= 0.3 is 0 Å². The zero-order chi connectivity index (χ0) is 12.8. The molecule has 1 aromatic carbocycles. The zero-order valence-electron chi connectivity index (χ0n) is 9.65. The van der Waals surface area contributed by atoms with Crippen LogP contribution in [-0.2, 0) is 11.3 Å². The van der Waals surface area contributed by atoms with Crippen molar-refractivity contribution in [1.82, 2.24) is 5.32 Å². The Morgan fingerprint density at radius 3 is 2.94 bits per heavy atom. The summed E-state index contributed by atoms with van der Waals surface area (Å²) < 4.78 is 17.8. The van der Waals surface area contributed by atoms with Gasteiger partial charge in [0.25, 0.3) is 0 Å². The summed E-state index contributed by atoms with van der Waals surface area (Å²) in [4.78, 5) is 11.5. The first-order chi connectivity index (χ1) is 8.74. The van der Waals surface area contributed by atoms with Crippen LogP contribution in [0.3, 0.4) is 0 Å². The maximum atomic E-state index is 12.9. The fourth-order valence-corrected chi connectivity index (χ4v) is 1.49. The first-order valence-electron chi connectivity index (χ1n) is 5.51. The summed E-state index contributed by atoms with van der Waals surface area (Å²) in [6.07, 6.45) is 3.18. The minimum atomic E-state index is -0.376. The predicted octanol–water partition coefficient (Wildman–Crippen LogP) is 2.15. The predicted molar refractivity (Wildman–Crippen MR) is 65.4 cm³/mol. The molecular weight excluding hydrogens is 235 g/mol. The van der Waals surface area contributed by atoms with Crippen molar-refractivity contribution < 1.29 is 13.6 Å². The van der Waals surface area contributed by atoms with E-state index in [1.807, 2.05) is 6.07 Å². The lowest BCUT2D eigenvalue weighted by atomic mass is 10.3. The second-order valence-corrected chi connectivity index (χ2v) is 3.79. The Bertz CT molecular complexity index is 511. The molecule has 4 nitrogen and oxygen atoms in total. The van der Waals surface area contributed by atoms with Crippen LogP contribution in [0, 0.1) is 5.82 Å². The van der Waals surface area contributed by atoms with Crippen molar-refractivity contribution in [3.8, 4) is 0 Å². The minimum Gasteiger partial charge on any atom is -0.472 e. The molecule has 0 fully saturated rings. The van der Waals surface area contributed by atoms with Crippen molar-refractivity contribution in [2.75, 3.05) is 11.9 Å². The van der Waals surface area contributed by atoms with Crippen LogP contribution < -0.4 is 10.6 Å². The monoisotopic (exact) mass is 248 g/mol. The summed E-state index contributed by atoms with van der Waals surface area (Å²) in [6, 6.07) is 7.60. The van der Waals surface area contributed by atoms with Gasteiger partial charge in [-0.1, -0.05) is 6.07 Å². The Morgan fingerprint density at radius 1 is 1.33 bits per heavy atom. The molecule has 1 heterocycles. The van der Waals surface area contributed by atoms with E-state index in [1.165, 1.54) is 12.1 Å². The standard InChI is InChI=1S/C13H13FN2O2/c14-11-2-1-3-12(6-11)16-13(17)8-15-7-10-4-5-18-9-10/h1-6,9,15H,7-8H2,(H,16,17). The van der Waals surface area contributed by atoms with Crippen LogP contribution in [0.2, 0.25) is 0 Å². The second-order valence-electron chi connectivity index (χ2n) is 3.79. The number of carbonyl (C=O) groups is 1. The molecule has 5 heteroatoms. The van der Waals surface area contributed by atoms with Crippen molar-refractivity contribution in [3.63, 3.8) is 0 Å². The van der Waals surface area contributed by atoms with E-state index < -0.39 is 0 Å². The first kappa shape index (κ1) is 12.3. The molecular formula is C13H13FN2O2. The maximum Gasteiger partial charge on any atom is 0.238 e. The fourth-order valence-electron chi connectivity index (χ4n) is 1.49. The normalized spacial score (nSPS) is 10.3. The lowest BCUT2D eigenvalue weighted by molar-refractivity contribution is -0.115. The molecule has 0 radical (unpaired) electrons. The van der Waals surface area contributed by atoms with Gasteiger partial charge < -0.3 is 15.1 Å². The number of anilines is 1. The molecule has 0 aliphatic rings. The van der Waals surface area contributed by atoms with Crippen LogP contribution in [0.1, 0.15) is 5.56 Å². The molecule has 1 amide bonds. The third-order valence-electron chi connectivity index (χ3n) is 2.30. The highest BCUT2D eigenvalue weighted by atomic mass is 19.1. The number of hydrogen-bond donors (Lipinski definition) is 2. The number of halogens is 1. The van der Waals surface area contributed by atoms with Gasteiger partial charge in [0.2, 0.25) is 5.91 Å². The van der Waals surface area contributed by atoms with E-state index in [9.17, 15) is 9.18 Å². The van der Waals surface area contributed by atoms with Crippen LogP contribution in [0.15, 0.2) is 47.3 Å².